The van der Waals surface area contributed by atoms with Crippen LogP contribution in [0.5, 0.6) is 0 Å². The molecular weight excluding hydrogens is 368 g/mol. The number of anilines is 1. The van der Waals surface area contributed by atoms with Crippen molar-refractivity contribution in [3.8, 4) is 0 Å². The first-order valence-electron chi connectivity index (χ1n) is 7.15. The summed E-state index contributed by atoms with van der Waals surface area (Å²) in [6, 6.07) is 9.68. The molecule has 0 saturated carbocycles. The van der Waals surface area contributed by atoms with E-state index in [2.05, 4.69) is 0 Å². The van der Waals surface area contributed by atoms with E-state index >= 15 is 0 Å². The van der Waals surface area contributed by atoms with Crippen molar-refractivity contribution in [2.24, 2.45) is 0 Å². The number of hydrogen-bond acceptors (Lipinski definition) is 5. The smallest absolute Gasteiger partial charge is 0.270 e. The average Bonchev–Trinajstić information content (AvgIpc) is 2.53. The summed E-state index contributed by atoms with van der Waals surface area (Å²) in [7, 11) is -4.22. The van der Waals surface area contributed by atoms with Gasteiger partial charge in [0.2, 0.25) is 5.24 Å². The van der Waals surface area contributed by atoms with Crippen LogP contribution in [0.4, 0.5) is 11.4 Å². The first kappa shape index (κ1) is 18.9. The molecule has 0 fully saturated rings. The molecule has 0 aliphatic carbocycles. The van der Waals surface area contributed by atoms with Gasteiger partial charge in [0.25, 0.3) is 15.7 Å². The van der Waals surface area contributed by atoms with Gasteiger partial charge in [-0.15, -0.1) is 0 Å². The molecular formula is C16H15ClN2O5S. The number of rotatable bonds is 6. The van der Waals surface area contributed by atoms with Gasteiger partial charge in [0.15, 0.2) is 0 Å². The molecule has 0 aliphatic heterocycles. The number of hydrogen-bond donors (Lipinski definition) is 0. The standard InChI is InChI=1S/C16H15ClN2O5S/c1-11-6-7-15(12(2)8-11)18(10-16(17)20)25(23,24)14-5-3-4-13(9-14)19(21)22/h3-9H,10H2,1-2H3. The number of nitrogens with zero attached hydrogens (tertiary/aromatic N) is 2. The normalized spacial score (nSPS) is 11.2. The molecule has 0 amide bonds. The van der Waals surface area contributed by atoms with Gasteiger partial charge in [-0.05, 0) is 43.1 Å². The Kier molecular flexibility index (Phi) is 5.44. The molecule has 2 rings (SSSR count). The van der Waals surface area contributed by atoms with Crippen LogP contribution in [0.1, 0.15) is 11.1 Å². The Morgan fingerprint density at radius 2 is 1.88 bits per heavy atom. The van der Waals surface area contributed by atoms with Crippen LogP contribution in [0.15, 0.2) is 47.4 Å². The fraction of sp³-hybridized carbons (Fsp3) is 0.188. The summed E-state index contributed by atoms with van der Waals surface area (Å²) in [5.41, 5.74) is 1.48. The molecule has 0 heterocycles. The third-order valence-electron chi connectivity index (χ3n) is 3.51. The predicted octanol–water partition coefficient (Wildman–Crippen LogP) is 3.17. The van der Waals surface area contributed by atoms with Crippen LogP contribution in [0.2, 0.25) is 0 Å². The van der Waals surface area contributed by atoms with Crippen LogP contribution < -0.4 is 4.31 Å². The van der Waals surface area contributed by atoms with Crippen LogP contribution in [0.3, 0.4) is 0 Å². The highest BCUT2D eigenvalue weighted by atomic mass is 35.5. The third kappa shape index (κ3) is 4.15. The molecule has 0 spiro atoms. The summed E-state index contributed by atoms with van der Waals surface area (Å²) in [4.78, 5) is 21.3. The maximum Gasteiger partial charge on any atom is 0.270 e. The Morgan fingerprint density at radius 3 is 2.44 bits per heavy atom. The molecule has 2 aromatic carbocycles. The molecule has 0 unspecified atom stereocenters. The van der Waals surface area contributed by atoms with Crippen molar-refractivity contribution in [1.29, 1.82) is 0 Å². The molecule has 0 saturated heterocycles. The van der Waals surface area contributed by atoms with E-state index in [0.29, 0.717) is 5.56 Å². The average molecular weight is 383 g/mol. The van der Waals surface area contributed by atoms with Gasteiger partial charge in [0, 0.05) is 12.1 Å². The predicted molar refractivity (Wildman–Crippen MR) is 94.4 cm³/mol. The number of aryl methyl sites for hydroxylation is 2. The van der Waals surface area contributed by atoms with Gasteiger partial charge in [-0.25, -0.2) is 8.42 Å². The number of benzene rings is 2. The van der Waals surface area contributed by atoms with Crippen molar-refractivity contribution in [2.45, 2.75) is 18.7 Å². The second kappa shape index (κ2) is 7.20. The zero-order valence-electron chi connectivity index (χ0n) is 13.5. The molecule has 2 aromatic rings. The zero-order valence-corrected chi connectivity index (χ0v) is 15.0. The van der Waals surface area contributed by atoms with Crippen molar-refractivity contribution in [1.82, 2.24) is 0 Å². The lowest BCUT2D eigenvalue weighted by molar-refractivity contribution is -0.385. The van der Waals surface area contributed by atoms with Crippen LogP contribution in [-0.2, 0) is 14.8 Å². The van der Waals surface area contributed by atoms with Gasteiger partial charge in [-0.3, -0.25) is 19.2 Å². The van der Waals surface area contributed by atoms with Crippen molar-refractivity contribution < 1.29 is 18.1 Å². The fourth-order valence-corrected chi connectivity index (χ4v) is 4.10. The van der Waals surface area contributed by atoms with E-state index in [1.165, 1.54) is 18.2 Å². The number of sulfonamides is 1. The highest BCUT2D eigenvalue weighted by Crippen LogP contribution is 2.29. The Balaban J connectivity index is 2.62. The molecule has 132 valence electrons. The molecule has 25 heavy (non-hydrogen) atoms. The Morgan fingerprint density at radius 1 is 1.20 bits per heavy atom. The largest absolute Gasteiger partial charge is 0.279 e. The van der Waals surface area contributed by atoms with E-state index in [9.17, 15) is 23.3 Å². The Hall–Kier alpha value is -2.45. The van der Waals surface area contributed by atoms with Crippen molar-refractivity contribution in [2.75, 3.05) is 10.8 Å². The van der Waals surface area contributed by atoms with Gasteiger partial charge in [0.1, 0.15) is 6.54 Å². The molecule has 9 heteroatoms. The molecule has 0 atom stereocenters. The van der Waals surface area contributed by atoms with Crippen molar-refractivity contribution in [3.05, 3.63) is 63.7 Å². The summed E-state index contributed by atoms with van der Waals surface area (Å²) in [6.07, 6.45) is 0. The maximum absolute atomic E-state index is 13.0. The van der Waals surface area contributed by atoms with Crippen LogP contribution >= 0.6 is 11.6 Å². The molecule has 7 nitrogen and oxygen atoms in total. The maximum atomic E-state index is 13.0. The number of carbonyl (C=O) groups excluding carboxylic acids is 1. The Labute approximate surface area is 150 Å². The van der Waals surface area contributed by atoms with E-state index in [1.807, 2.05) is 6.92 Å². The lowest BCUT2D eigenvalue weighted by atomic mass is 10.1. The number of nitro benzene ring substituents is 1. The van der Waals surface area contributed by atoms with Crippen molar-refractivity contribution in [3.63, 3.8) is 0 Å². The number of non-ortho nitro benzene ring substituents is 1. The van der Waals surface area contributed by atoms with Crippen LogP contribution in [0.25, 0.3) is 0 Å². The van der Waals surface area contributed by atoms with E-state index in [0.717, 1.165) is 15.9 Å². The minimum atomic E-state index is -4.22. The van der Waals surface area contributed by atoms with Crippen molar-refractivity contribution >= 4 is 38.2 Å². The van der Waals surface area contributed by atoms with Gasteiger partial charge in [-0.1, -0.05) is 23.8 Å². The molecule has 0 N–H and O–H groups in total. The SMILES string of the molecule is Cc1ccc(N(CC(=O)Cl)S(=O)(=O)c2cccc([N+](=O)[O-])c2)c(C)c1. The van der Waals surface area contributed by atoms with E-state index in [4.69, 9.17) is 11.6 Å². The van der Waals surface area contributed by atoms with E-state index in [-0.39, 0.29) is 16.3 Å². The van der Waals surface area contributed by atoms with E-state index in [1.54, 1.807) is 25.1 Å². The first-order valence-corrected chi connectivity index (χ1v) is 8.97. The van der Waals surface area contributed by atoms with Gasteiger partial charge < -0.3 is 0 Å². The van der Waals surface area contributed by atoms with E-state index < -0.39 is 26.7 Å². The molecule has 0 bridgehead atoms. The summed E-state index contributed by atoms with van der Waals surface area (Å²) < 4.78 is 26.8. The molecule has 0 radical (unpaired) electrons. The first-order chi connectivity index (χ1) is 11.6. The molecule has 0 aliphatic rings. The third-order valence-corrected chi connectivity index (χ3v) is 5.38. The number of nitro groups is 1. The number of carbonyl (C=O) groups is 1. The van der Waals surface area contributed by atoms with Gasteiger partial charge >= 0.3 is 0 Å². The second-order valence-corrected chi connectivity index (χ2v) is 7.70. The second-order valence-electron chi connectivity index (χ2n) is 5.41. The van der Waals surface area contributed by atoms with Crippen LogP contribution in [-0.4, -0.2) is 25.1 Å². The summed E-state index contributed by atoms with van der Waals surface area (Å²) in [5.74, 6) is 0. The lowest BCUT2D eigenvalue weighted by Crippen LogP contribution is -2.35. The van der Waals surface area contributed by atoms with Gasteiger partial charge in [0.05, 0.1) is 15.5 Å². The summed E-state index contributed by atoms with van der Waals surface area (Å²) >= 11 is 5.43. The number of halogens is 1. The highest BCUT2D eigenvalue weighted by molar-refractivity contribution is 7.92. The summed E-state index contributed by atoms with van der Waals surface area (Å²) in [5, 5.41) is 10.0. The minimum absolute atomic E-state index is 0.283. The zero-order chi connectivity index (χ0) is 18.8. The van der Waals surface area contributed by atoms with Gasteiger partial charge in [-0.2, -0.15) is 0 Å². The summed E-state index contributed by atoms with van der Waals surface area (Å²) in [6.45, 7) is 2.97. The quantitative estimate of drug-likeness (QED) is 0.434. The van der Waals surface area contributed by atoms with Crippen LogP contribution in [0, 0.1) is 24.0 Å². The topological polar surface area (TPSA) is 97.6 Å². The molecule has 0 aromatic heterocycles. The Bertz CT molecular complexity index is 943. The lowest BCUT2D eigenvalue weighted by Gasteiger charge is -2.24. The highest BCUT2D eigenvalue weighted by Gasteiger charge is 2.29. The minimum Gasteiger partial charge on any atom is -0.279 e. The monoisotopic (exact) mass is 382 g/mol. The fourth-order valence-electron chi connectivity index (χ4n) is 2.38.